The zero-order chi connectivity index (χ0) is 28.3. The lowest BCUT2D eigenvalue weighted by Gasteiger charge is -2.36. The number of rotatable bonds is 8. The van der Waals surface area contributed by atoms with E-state index in [0.29, 0.717) is 52.7 Å². The number of ketones is 1. The fraction of sp³-hybridized carbons (Fsp3) is 0.367. The summed E-state index contributed by atoms with van der Waals surface area (Å²) in [6.45, 7) is 5.26. The van der Waals surface area contributed by atoms with Gasteiger partial charge in [0.15, 0.2) is 28.8 Å². The normalized spacial score (nSPS) is 18.7. The van der Waals surface area contributed by atoms with Crippen molar-refractivity contribution in [1.29, 1.82) is 0 Å². The molecule has 0 fully saturated rings. The van der Waals surface area contributed by atoms with E-state index in [9.17, 15) is 14.4 Å². The minimum atomic E-state index is -0.682. The molecule has 0 saturated carbocycles. The molecule has 0 radical (unpaired) electrons. The summed E-state index contributed by atoms with van der Waals surface area (Å²) < 4.78 is 27.0. The molecule has 2 atom stereocenters. The lowest BCUT2D eigenvalue weighted by Crippen LogP contribution is -2.36. The molecule has 0 amide bonds. The maximum absolute atomic E-state index is 13.8. The Balaban J connectivity index is 1.81. The van der Waals surface area contributed by atoms with Crippen LogP contribution in [0, 0.1) is 0 Å². The molecule has 0 bridgehead atoms. The van der Waals surface area contributed by atoms with Gasteiger partial charge in [0.25, 0.3) is 0 Å². The number of benzene rings is 2. The van der Waals surface area contributed by atoms with Crippen LogP contribution in [0.4, 0.5) is 0 Å². The molecule has 2 aromatic rings. The van der Waals surface area contributed by atoms with Crippen molar-refractivity contribution in [2.45, 2.75) is 45.4 Å². The number of hydrogen-bond donors (Lipinski definition) is 1. The summed E-state index contributed by atoms with van der Waals surface area (Å²) in [5, 5.41) is 3.32. The van der Waals surface area contributed by atoms with E-state index < -0.39 is 17.9 Å². The SMILES string of the molecule is CCOc1cc([C@H]2C(C(=O)OC)=C(C)NC3=C2C(=O)C[C@@H](c2ccc(OC)c(OC)c2)C3)ccc1OC(C)=O. The van der Waals surface area contributed by atoms with Gasteiger partial charge in [0, 0.05) is 36.2 Å². The summed E-state index contributed by atoms with van der Waals surface area (Å²) >= 11 is 0. The largest absolute Gasteiger partial charge is 0.493 e. The van der Waals surface area contributed by atoms with Crippen molar-refractivity contribution < 1.29 is 38.1 Å². The fourth-order valence-electron chi connectivity index (χ4n) is 5.31. The zero-order valence-electron chi connectivity index (χ0n) is 23.0. The highest BCUT2D eigenvalue weighted by molar-refractivity contribution is 6.04. The summed E-state index contributed by atoms with van der Waals surface area (Å²) in [6.07, 6.45) is 0.812. The molecule has 2 aliphatic rings. The van der Waals surface area contributed by atoms with Gasteiger partial charge in [-0.2, -0.15) is 0 Å². The minimum Gasteiger partial charge on any atom is -0.493 e. The number of Topliss-reactive ketones (excluding diaryl/α,β-unsaturated/α-hetero) is 1. The van der Waals surface area contributed by atoms with Crippen LogP contribution in [0.3, 0.4) is 0 Å². The Labute approximate surface area is 227 Å². The first kappa shape index (κ1) is 27.8. The number of ether oxygens (including phenoxy) is 5. The van der Waals surface area contributed by atoms with Gasteiger partial charge in [0.2, 0.25) is 0 Å². The van der Waals surface area contributed by atoms with E-state index >= 15 is 0 Å². The number of carbonyl (C=O) groups excluding carboxylic acids is 3. The number of nitrogens with one attached hydrogen (secondary N) is 1. The summed E-state index contributed by atoms with van der Waals surface area (Å²) in [7, 11) is 4.47. The van der Waals surface area contributed by atoms with Crippen LogP contribution in [-0.2, 0) is 19.1 Å². The first-order chi connectivity index (χ1) is 18.7. The predicted molar refractivity (Wildman–Crippen MR) is 143 cm³/mol. The Morgan fingerprint density at radius 3 is 2.23 bits per heavy atom. The van der Waals surface area contributed by atoms with Crippen LogP contribution in [0.2, 0.25) is 0 Å². The van der Waals surface area contributed by atoms with E-state index in [4.69, 9.17) is 23.7 Å². The molecule has 1 aliphatic heterocycles. The second-order valence-corrected chi connectivity index (χ2v) is 9.36. The lowest BCUT2D eigenvalue weighted by atomic mass is 9.71. The second kappa shape index (κ2) is 11.6. The van der Waals surface area contributed by atoms with Crippen LogP contribution in [0.1, 0.15) is 56.6 Å². The van der Waals surface area contributed by atoms with Gasteiger partial charge >= 0.3 is 11.9 Å². The van der Waals surface area contributed by atoms with E-state index in [1.165, 1.54) is 14.0 Å². The molecule has 2 aromatic carbocycles. The second-order valence-electron chi connectivity index (χ2n) is 9.36. The van der Waals surface area contributed by atoms with E-state index in [2.05, 4.69) is 5.32 Å². The molecule has 4 rings (SSSR count). The molecule has 9 heteroatoms. The van der Waals surface area contributed by atoms with Crippen molar-refractivity contribution in [3.05, 3.63) is 70.1 Å². The van der Waals surface area contributed by atoms with Gasteiger partial charge in [-0.05, 0) is 61.6 Å². The van der Waals surface area contributed by atoms with Crippen LogP contribution < -0.4 is 24.3 Å². The van der Waals surface area contributed by atoms with Crippen molar-refractivity contribution in [1.82, 2.24) is 5.32 Å². The zero-order valence-corrected chi connectivity index (χ0v) is 23.0. The topological polar surface area (TPSA) is 109 Å². The maximum atomic E-state index is 13.8. The Bertz CT molecular complexity index is 1370. The molecular weight excluding hydrogens is 502 g/mol. The third-order valence-corrected chi connectivity index (χ3v) is 6.97. The van der Waals surface area contributed by atoms with Gasteiger partial charge < -0.3 is 29.0 Å². The fourth-order valence-corrected chi connectivity index (χ4v) is 5.31. The molecule has 1 aliphatic carbocycles. The molecule has 1 heterocycles. The van der Waals surface area contributed by atoms with Gasteiger partial charge in [0.05, 0.1) is 33.5 Å². The molecule has 39 heavy (non-hydrogen) atoms. The molecule has 0 saturated heterocycles. The smallest absolute Gasteiger partial charge is 0.336 e. The van der Waals surface area contributed by atoms with E-state index in [0.717, 1.165) is 11.3 Å². The highest BCUT2D eigenvalue weighted by Gasteiger charge is 2.41. The van der Waals surface area contributed by atoms with Crippen molar-refractivity contribution in [3.8, 4) is 23.0 Å². The molecule has 0 unspecified atom stereocenters. The van der Waals surface area contributed by atoms with Crippen LogP contribution >= 0.6 is 0 Å². The van der Waals surface area contributed by atoms with Crippen molar-refractivity contribution in [3.63, 3.8) is 0 Å². The van der Waals surface area contributed by atoms with Crippen molar-refractivity contribution in [2.24, 2.45) is 0 Å². The van der Waals surface area contributed by atoms with Crippen LogP contribution in [0.15, 0.2) is 58.9 Å². The summed E-state index contributed by atoms with van der Waals surface area (Å²) in [5.74, 6) is -0.0532. The lowest BCUT2D eigenvalue weighted by molar-refractivity contribution is -0.136. The Morgan fingerprint density at radius 2 is 1.59 bits per heavy atom. The third-order valence-electron chi connectivity index (χ3n) is 6.97. The first-order valence-electron chi connectivity index (χ1n) is 12.7. The predicted octanol–water partition coefficient (Wildman–Crippen LogP) is 4.56. The van der Waals surface area contributed by atoms with Gasteiger partial charge in [-0.15, -0.1) is 0 Å². The average Bonchev–Trinajstić information content (AvgIpc) is 2.92. The molecule has 0 aromatic heterocycles. The number of hydrogen-bond acceptors (Lipinski definition) is 9. The number of esters is 2. The number of allylic oxidation sites excluding steroid dienone is 3. The van der Waals surface area contributed by atoms with E-state index in [1.54, 1.807) is 39.3 Å². The van der Waals surface area contributed by atoms with E-state index in [-0.39, 0.29) is 23.9 Å². The minimum absolute atomic E-state index is 0.0792. The molecular formula is C30H33NO8. The maximum Gasteiger partial charge on any atom is 0.336 e. The molecule has 206 valence electrons. The highest BCUT2D eigenvalue weighted by Crippen LogP contribution is 2.47. The van der Waals surface area contributed by atoms with E-state index in [1.807, 2.05) is 25.1 Å². The summed E-state index contributed by atoms with van der Waals surface area (Å²) in [4.78, 5) is 38.4. The van der Waals surface area contributed by atoms with Gasteiger partial charge in [-0.1, -0.05) is 12.1 Å². The van der Waals surface area contributed by atoms with Crippen LogP contribution in [-0.4, -0.2) is 45.7 Å². The Morgan fingerprint density at radius 1 is 0.923 bits per heavy atom. The van der Waals surface area contributed by atoms with Crippen molar-refractivity contribution in [2.75, 3.05) is 27.9 Å². The monoisotopic (exact) mass is 535 g/mol. The quantitative estimate of drug-likeness (QED) is 0.384. The van der Waals surface area contributed by atoms with Crippen molar-refractivity contribution >= 4 is 17.7 Å². The highest BCUT2D eigenvalue weighted by atomic mass is 16.6. The Hall–Kier alpha value is -4.27. The van der Waals surface area contributed by atoms with Crippen LogP contribution in [0.25, 0.3) is 0 Å². The third kappa shape index (κ3) is 5.48. The number of carbonyl (C=O) groups is 3. The summed E-state index contributed by atoms with van der Waals surface area (Å²) in [5.41, 5.74) is 3.82. The standard InChI is InChI=1S/C30H33NO8/c1-7-38-26-15-19(9-11-24(26)39-17(3)32)28-27(30(34)37-6)16(2)31-21-12-20(13-22(33)29(21)28)18-8-10-23(35-4)25(14-18)36-5/h8-11,14-15,20,28,31H,7,12-13H2,1-6H3/t20-,28-/m0/s1. The van der Waals surface area contributed by atoms with Crippen LogP contribution in [0.5, 0.6) is 23.0 Å². The van der Waals surface area contributed by atoms with Gasteiger partial charge in [0.1, 0.15) is 0 Å². The summed E-state index contributed by atoms with van der Waals surface area (Å²) in [6, 6.07) is 10.7. The number of dihydropyridines is 1. The molecule has 0 spiro atoms. The Kier molecular flexibility index (Phi) is 8.28. The molecule has 1 N–H and O–H groups in total. The first-order valence-corrected chi connectivity index (χ1v) is 12.7. The molecule has 9 nitrogen and oxygen atoms in total. The number of methoxy groups -OCH3 is 3. The van der Waals surface area contributed by atoms with Gasteiger partial charge in [-0.25, -0.2) is 4.79 Å². The average molecular weight is 536 g/mol. The van der Waals surface area contributed by atoms with Gasteiger partial charge in [-0.3, -0.25) is 9.59 Å².